The lowest BCUT2D eigenvalue weighted by Gasteiger charge is -2.39. The van der Waals surface area contributed by atoms with Crippen molar-refractivity contribution in [2.75, 3.05) is 64.8 Å². The minimum absolute atomic E-state index is 0.0988. The Labute approximate surface area is 146 Å². The molecule has 2 N–H and O–H groups in total. The summed E-state index contributed by atoms with van der Waals surface area (Å²) in [5.41, 5.74) is 2.66. The number of hydrogen-bond acceptors (Lipinski definition) is 5. The summed E-state index contributed by atoms with van der Waals surface area (Å²) in [5.74, 6) is 0. The summed E-state index contributed by atoms with van der Waals surface area (Å²) < 4.78 is 0. The molecule has 1 aromatic carbocycles. The van der Waals surface area contributed by atoms with Crippen LogP contribution in [0.3, 0.4) is 0 Å². The summed E-state index contributed by atoms with van der Waals surface area (Å²) in [5, 5.41) is 13.2. The van der Waals surface area contributed by atoms with Gasteiger partial charge in [-0.15, -0.1) is 0 Å². The molecular weight excluding hydrogens is 300 g/mol. The minimum atomic E-state index is -0.0988. The van der Waals surface area contributed by atoms with Crippen LogP contribution in [0.4, 0.5) is 5.69 Å². The summed E-state index contributed by atoms with van der Waals surface area (Å²) in [6, 6.07) is 9.48. The molecule has 134 valence electrons. The maximum atomic E-state index is 9.76. The van der Waals surface area contributed by atoms with E-state index in [1.807, 2.05) is 0 Å². The molecule has 0 bridgehead atoms. The minimum Gasteiger partial charge on any atom is -0.393 e. The number of aliphatic hydroxyl groups excluding tert-OH is 1. The zero-order valence-electron chi connectivity index (χ0n) is 15.1. The number of hydrogen-bond donors (Lipinski definition) is 2. The van der Waals surface area contributed by atoms with Crippen LogP contribution in [0.15, 0.2) is 24.3 Å². The summed E-state index contributed by atoms with van der Waals surface area (Å²) in [4.78, 5) is 7.29. The number of rotatable bonds is 5. The summed E-state index contributed by atoms with van der Waals surface area (Å²) >= 11 is 0. The lowest BCUT2D eigenvalue weighted by molar-refractivity contribution is 0.0589. The second-order valence-corrected chi connectivity index (χ2v) is 7.32. The third kappa shape index (κ3) is 4.48. The second-order valence-electron chi connectivity index (χ2n) is 7.32. The van der Waals surface area contributed by atoms with Crippen LogP contribution in [-0.2, 0) is 0 Å². The predicted octanol–water partition coefficient (Wildman–Crippen LogP) is 1.16. The molecule has 3 rings (SSSR count). The largest absolute Gasteiger partial charge is 0.393 e. The van der Waals surface area contributed by atoms with E-state index in [4.69, 9.17) is 0 Å². The zero-order chi connectivity index (χ0) is 16.9. The number of anilines is 1. The Morgan fingerprint density at radius 1 is 1.08 bits per heavy atom. The summed E-state index contributed by atoms with van der Waals surface area (Å²) in [6.07, 6.45) is 1.72. The van der Waals surface area contributed by atoms with Crippen molar-refractivity contribution in [1.82, 2.24) is 15.1 Å². The molecule has 0 radical (unpaired) electrons. The van der Waals surface area contributed by atoms with Crippen molar-refractivity contribution in [1.29, 1.82) is 0 Å². The molecule has 2 fully saturated rings. The summed E-state index contributed by atoms with van der Waals surface area (Å²) in [7, 11) is 4.17. The van der Waals surface area contributed by atoms with E-state index < -0.39 is 0 Å². The lowest BCUT2D eigenvalue weighted by Crippen LogP contribution is -2.49. The topological polar surface area (TPSA) is 42.0 Å². The van der Waals surface area contributed by atoms with Gasteiger partial charge in [0.2, 0.25) is 0 Å². The van der Waals surface area contributed by atoms with Crippen LogP contribution < -0.4 is 10.2 Å². The molecule has 0 amide bonds. The third-order valence-electron chi connectivity index (χ3n) is 5.37. The monoisotopic (exact) mass is 332 g/mol. The van der Waals surface area contributed by atoms with Crippen molar-refractivity contribution in [2.45, 2.75) is 25.0 Å². The van der Waals surface area contributed by atoms with Crippen LogP contribution in [0.1, 0.15) is 24.4 Å². The van der Waals surface area contributed by atoms with Crippen molar-refractivity contribution in [3.63, 3.8) is 0 Å². The quantitative estimate of drug-likeness (QED) is 0.847. The van der Waals surface area contributed by atoms with Gasteiger partial charge in [0.1, 0.15) is 0 Å². The van der Waals surface area contributed by atoms with Gasteiger partial charge in [-0.05, 0) is 30.5 Å². The first-order valence-corrected chi connectivity index (χ1v) is 9.26. The lowest BCUT2D eigenvalue weighted by atomic mass is 10.0. The zero-order valence-corrected chi connectivity index (χ0v) is 15.1. The van der Waals surface area contributed by atoms with Gasteiger partial charge < -0.3 is 20.2 Å². The molecule has 5 nitrogen and oxygen atoms in total. The van der Waals surface area contributed by atoms with Crippen molar-refractivity contribution in [3.8, 4) is 0 Å². The van der Waals surface area contributed by atoms with E-state index in [2.05, 4.69) is 58.4 Å². The number of likely N-dealkylation sites (tertiary alicyclic amines) is 1. The van der Waals surface area contributed by atoms with Gasteiger partial charge in [-0.2, -0.15) is 0 Å². The molecule has 1 aromatic rings. The van der Waals surface area contributed by atoms with Crippen LogP contribution in [0.2, 0.25) is 0 Å². The molecule has 1 unspecified atom stereocenters. The van der Waals surface area contributed by atoms with Gasteiger partial charge in [0.15, 0.2) is 0 Å². The number of aliphatic hydroxyl groups is 1. The van der Waals surface area contributed by atoms with Crippen LogP contribution in [0, 0.1) is 0 Å². The standard InChI is InChI=1S/C19H32N4O/c1-21(2)17-5-3-16(4-6-17)19(23-13-9-20-10-14-23)15-22-11-7-18(24)8-12-22/h3-6,18-20,24H,7-15H2,1-2H3. The van der Waals surface area contributed by atoms with E-state index in [1.165, 1.54) is 11.3 Å². The SMILES string of the molecule is CN(C)c1ccc(C(CN2CCC(O)CC2)N2CCNCC2)cc1. The fourth-order valence-corrected chi connectivity index (χ4v) is 3.77. The van der Waals surface area contributed by atoms with E-state index in [0.29, 0.717) is 6.04 Å². The number of nitrogens with zero attached hydrogens (tertiary/aromatic N) is 3. The van der Waals surface area contributed by atoms with Gasteiger partial charge in [0.05, 0.1) is 6.10 Å². The van der Waals surface area contributed by atoms with Crippen LogP contribution >= 0.6 is 0 Å². The molecule has 2 aliphatic rings. The molecular formula is C19H32N4O. The molecule has 2 saturated heterocycles. The first-order chi connectivity index (χ1) is 11.6. The Kier molecular flexibility index (Phi) is 6.11. The van der Waals surface area contributed by atoms with Gasteiger partial charge in [0, 0.05) is 71.6 Å². The van der Waals surface area contributed by atoms with Crippen molar-refractivity contribution < 1.29 is 5.11 Å². The molecule has 24 heavy (non-hydrogen) atoms. The summed E-state index contributed by atoms with van der Waals surface area (Å²) in [6.45, 7) is 7.45. The molecule has 2 heterocycles. The first-order valence-electron chi connectivity index (χ1n) is 9.26. The average molecular weight is 332 g/mol. The normalized spacial score (nSPS) is 22.5. The molecule has 0 spiro atoms. The van der Waals surface area contributed by atoms with Gasteiger partial charge in [-0.3, -0.25) is 4.90 Å². The smallest absolute Gasteiger partial charge is 0.0564 e. The highest BCUT2D eigenvalue weighted by Gasteiger charge is 2.26. The van der Waals surface area contributed by atoms with Gasteiger partial charge >= 0.3 is 0 Å². The van der Waals surface area contributed by atoms with Crippen molar-refractivity contribution in [2.24, 2.45) is 0 Å². The highest BCUT2D eigenvalue weighted by molar-refractivity contribution is 5.46. The Hall–Kier alpha value is -1.14. The van der Waals surface area contributed by atoms with E-state index >= 15 is 0 Å². The maximum absolute atomic E-state index is 9.76. The number of piperidine rings is 1. The van der Waals surface area contributed by atoms with E-state index in [0.717, 1.165) is 58.7 Å². The molecule has 5 heteroatoms. The first kappa shape index (κ1) is 17.7. The molecule has 1 atom stereocenters. The Morgan fingerprint density at radius 3 is 2.29 bits per heavy atom. The molecule has 0 aromatic heterocycles. The Balaban J connectivity index is 1.73. The fourth-order valence-electron chi connectivity index (χ4n) is 3.77. The maximum Gasteiger partial charge on any atom is 0.0564 e. The third-order valence-corrected chi connectivity index (χ3v) is 5.37. The number of benzene rings is 1. The van der Waals surface area contributed by atoms with Gasteiger partial charge in [-0.1, -0.05) is 12.1 Å². The van der Waals surface area contributed by atoms with E-state index in [9.17, 15) is 5.11 Å². The predicted molar refractivity (Wildman–Crippen MR) is 99.6 cm³/mol. The van der Waals surface area contributed by atoms with Crippen molar-refractivity contribution in [3.05, 3.63) is 29.8 Å². The van der Waals surface area contributed by atoms with Crippen LogP contribution in [0.25, 0.3) is 0 Å². The van der Waals surface area contributed by atoms with Crippen LogP contribution in [0.5, 0.6) is 0 Å². The Bertz CT molecular complexity index is 491. The van der Waals surface area contributed by atoms with Gasteiger partial charge in [0.25, 0.3) is 0 Å². The fraction of sp³-hybridized carbons (Fsp3) is 0.684. The number of piperazine rings is 1. The molecule has 2 aliphatic heterocycles. The van der Waals surface area contributed by atoms with Crippen LogP contribution in [-0.4, -0.2) is 80.9 Å². The molecule has 0 saturated carbocycles. The highest BCUT2D eigenvalue weighted by atomic mass is 16.3. The highest BCUT2D eigenvalue weighted by Crippen LogP contribution is 2.26. The molecule has 0 aliphatic carbocycles. The van der Waals surface area contributed by atoms with Crippen molar-refractivity contribution >= 4 is 5.69 Å². The Morgan fingerprint density at radius 2 is 1.71 bits per heavy atom. The average Bonchev–Trinajstić information content (AvgIpc) is 2.62. The van der Waals surface area contributed by atoms with E-state index in [1.54, 1.807) is 0 Å². The van der Waals surface area contributed by atoms with E-state index in [-0.39, 0.29) is 6.10 Å². The number of nitrogens with one attached hydrogen (secondary N) is 1. The second kappa shape index (κ2) is 8.30. The van der Waals surface area contributed by atoms with Gasteiger partial charge in [-0.25, -0.2) is 0 Å².